The molecule has 0 spiro atoms. The Balaban J connectivity index is 2.08. The third-order valence-corrected chi connectivity index (χ3v) is 3.22. The third kappa shape index (κ3) is 4.33. The van der Waals surface area contributed by atoms with Gasteiger partial charge in [-0.15, -0.1) is 0 Å². The third-order valence-electron chi connectivity index (χ3n) is 3.22. The SMILES string of the molecule is Cc1cccc([C@H](C)Nc2cccc(NC(=O)CO)c2)c1. The lowest BCUT2D eigenvalue weighted by molar-refractivity contribution is -0.118. The van der Waals surface area contributed by atoms with Crippen LogP contribution in [0.3, 0.4) is 0 Å². The Labute approximate surface area is 124 Å². The molecule has 2 aromatic carbocycles. The minimum Gasteiger partial charge on any atom is -0.387 e. The molecule has 1 atom stereocenters. The molecule has 1 amide bonds. The Kier molecular flexibility index (Phi) is 4.95. The van der Waals surface area contributed by atoms with Crippen molar-refractivity contribution in [2.75, 3.05) is 17.2 Å². The lowest BCUT2D eigenvalue weighted by Gasteiger charge is -2.17. The number of aliphatic hydroxyl groups excluding tert-OH is 1. The van der Waals surface area contributed by atoms with E-state index in [1.54, 1.807) is 6.07 Å². The second-order valence-electron chi connectivity index (χ2n) is 5.07. The van der Waals surface area contributed by atoms with E-state index in [1.807, 2.05) is 24.3 Å². The first-order valence-corrected chi connectivity index (χ1v) is 6.92. The fraction of sp³-hybridized carbons (Fsp3) is 0.235. The number of hydrogen-bond acceptors (Lipinski definition) is 3. The number of carbonyl (C=O) groups is 1. The maximum absolute atomic E-state index is 11.2. The van der Waals surface area contributed by atoms with E-state index in [0.717, 1.165) is 5.69 Å². The molecule has 0 unspecified atom stereocenters. The summed E-state index contributed by atoms with van der Waals surface area (Å²) in [6.07, 6.45) is 0. The summed E-state index contributed by atoms with van der Waals surface area (Å²) < 4.78 is 0. The van der Waals surface area contributed by atoms with E-state index in [0.29, 0.717) is 5.69 Å². The number of benzene rings is 2. The molecule has 0 aliphatic rings. The van der Waals surface area contributed by atoms with Gasteiger partial charge < -0.3 is 15.7 Å². The molecule has 0 saturated heterocycles. The molecule has 0 bridgehead atoms. The smallest absolute Gasteiger partial charge is 0.250 e. The van der Waals surface area contributed by atoms with E-state index >= 15 is 0 Å². The standard InChI is InChI=1S/C17H20N2O2/c1-12-5-3-6-14(9-12)13(2)18-15-7-4-8-16(10-15)19-17(21)11-20/h3-10,13,18,20H,11H2,1-2H3,(H,19,21)/t13-/m0/s1. The minimum atomic E-state index is -0.517. The summed E-state index contributed by atoms with van der Waals surface area (Å²) in [4.78, 5) is 11.2. The van der Waals surface area contributed by atoms with Crippen molar-refractivity contribution < 1.29 is 9.90 Å². The van der Waals surface area contributed by atoms with Crippen molar-refractivity contribution >= 4 is 17.3 Å². The molecule has 0 fully saturated rings. The maximum atomic E-state index is 11.2. The molecule has 0 saturated carbocycles. The van der Waals surface area contributed by atoms with Crippen LogP contribution in [0.15, 0.2) is 48.5 Å². The second kappa shape index (κ2) is 6.90. The molecule has 110 valence electrons. The van der Waals surface area contributed by atoms with Crippen LogP contribution >= 0.6 is 0 Å². The van der Waals surface area contributed by atoms with Crippen LogP contribution in [0.25, 0.3) is 0 Å². The van der Waals surface area contributed by atoms with Crippen LogP contribution in [-0.2, 0) is 4.79 Å². The van der Waals surface area contributed by atoms with Crippen LogP contribution in [0.1, 0.15) is 24.1 Å². The van der Waals surface area contributed by atoms with Crippen LogP contribution in [0.4, 0.5) is 11.4 Å². The Hall–Kier alpha value is -2.33. The van der Waals surface area contributed by atoms with Gasteiger partial charge in [-0.2, -0.15) is 0 Å². The molecular formula is C17H20N2O2. The highest BCUT2D eigenvalue weighted by molar-refractivity contribution is 5.91. The maximum Gasteiger partial charge on any atom is 0.250 e. The summed E-state index contributed by atoms with van der Waals surface area (Å²) in [5, 5.41) is 14.8. The van der Waals surface area contributed by atoms with E-state index in [-0.39, 0.29) is 6.04 Å². The van der Waals surface area contributed by atoms with Crippen molar-refractivity contribution in [1.82, 2.24) is 0 Å². The highest BCUT2D eigenvalue weighted by atomic mass is 16.3. The lowest BCUT2D eigenvalue weighted by atomic mass is 10.1. The predicted molar refractivity (Wildman–Crippen MR) is 85.4 cm³/mol. The molecule has 0 aliphatic carbocycles. The average Bonchev–Trinajstić information content (AvgIpc) is 2.47. The van der Waals surface area contributed by atoms with Gasteiger partial charge in [-0.1, -0.05) is 35.9 Å². The van der Waals surface area contributed by atoms with E-state index < -0.39 is 12.5 Å². The molecule has 0 radical (unpaired) electrons. The molecule has 3 N–H and O–H groups in total. The molecule has 4 heteroatoms. The zero-order valence-corrected chi connectivity index (χ0v) is 12.3. The number of carbonyl (C=O) groups excluding carboxylic acids is 1. The molecule has 0 heterocycles. The summed E-state index contributed by atoms with van der Waals surface area (Å²) in [6, 6.07) is 15.9. The van der Waals surface area contributed by atoms with Gasteiger partial charge in [0.1, 0.15) is 6.61 Å². The number of nitrogens with one attached hydrogen (secondary N) is 2. The quantitative estimate of drug-likeness (QED) is 0.790. The summed E-state index contributed by atoms with van der Waals surface area (Å²) >= 11 is 0. The van der Waals surface area contributed by atoms with Gasteiger partial charge in [-0.25, -0.2) is 0 Å². The van der Waals surface area contributed by atoms with Crippen molar-refractivity contribution in [3.63, 3.8) is 0 Å². The van der Waals surface area contributed by atoms with Gasteiger partial charge in [0.05, 0.1) is 0 Å². The highest BCUT2D eigenvalue weighted by Crippen LogP contribution is 2.22. The Morgan fingerprint density at radius 1 is 1.14 bits per heavy atom. The van der Waals surface area contributed by atoms with E-state index in [1.165, 1.54) is 11.1 Å². The first-order valence-electron chi connectivity index (χ1n) is 6.92. The molecule has 0 aliphatic heterocycles. The normalized spacial score (nSPS) is 11.8. The molecule has 21 heavy (non-hydrogen) atoms. The van der Waals surface area contributed by atoms with Crippen molar-refractivity contribution in [1.29, 1.82) is 0 Å². The first-order chi connectivity index (χ1) is 10.1. The number of hydrogen-bond donors (Lipinski definition) is 3. The monoisotopic (exact) mass is 284 g/mol. The van der Waals surface area contributed by atoms with Gasteiger partial charge >= 0.3 is 0 Å². The van der Waals surface area contributed by atoms with Gasteiger partial charge in [-0.3, -0.25) is 4.79 Å². The fourth-order valence-corrected chi connectivity index (χ4v) is 2.16. The molecular weight excluding hydrogens is 264 g/mol. The van der Waals surface area contributed by atoms with Gasteiger partial charge in [0, 0.05) is 17.4 Å². The number of amides is 1. The topological polar surface area (TPSA) is 61.4 Å². The molecule has 2 aromatic rings. The minimum absolute atomic E-state index is 0.161. The van der Waals surface area contributed by atoms with Gasteiger partial charge in [0.2, 0.25) is 5.91 Å². The highest BCUT2D eigenvalue weighted by Gasteiger charge is 2.06. The number of aryl methyl sites for hydroxylation is 1. The van der Waals surface area contributed by atoms with Crippen LogP contribution in [-0.4, -0.2) is 17.6 Å². The van der Waals surface area contributed by atoms with E-state index in [9.17, 15) is 4.79 Å². The van der Waals surface area contributed by atoms with Crippen LogP contribution in [0, 0.1) is 6.92 Å². The lowest BCUT2D eigenvalue weighted by Crippen LogP contribution is -2.15. The Bertz CT molecular complexity index is 626. The van der Waals surface area contributed by atoms with E-state index in [4.69, 9.17) is 5.11 Å². The van der Waals surface area contributed by atoms with Crippen molar-refractivity contribution in [3.05, 3.63) is 59.7 Å². The average molecular weight is 284 g/mol. The van der Waals surface area contributed by atoms with Crippen LogP contribution in [0.2, 0.25) is 0 Å². The summed E-state index contributed by atoms with van der Waals surface area (Å²) in [5.74, 6) is -0.418. The molecule has 4 nitrogen and oxygen atoms in total. The van der Waals surface area contributed by atoms with Crippen LogP contribution in [0.5, 0.6) is 0 Å². The van der Waals surface area contributed by atoms with Crippen molar-refractivity contribution in [3.8, 4) is 0 Å². The molecule has 0 aromatic heterocycles. The summed E-state index contributed by atoms with van der Waals surface area (Å²) in [7, 11) is 0. The van der Waals surface area contributed by atoms with Gasteiger partial charge in [0.25, 0.3) is 0 Å². The van der Waals surface area contributed by atoms with E-state index in [2.05, 4.69) is 42.7 Å². The zero-order chi connectivity index (χ0) is 15.2. The van der Waals surface area contributed by atoms with Gasteiger partial charge in [-0.05, 0) is 37.6 Å². The second-order valence-corrected chi connectivity index (χ2v) is 5.07. The summed E-state index contributed by atoms with van der Waals surface area (Å²) in [5.41, 5.74) is 4.01. The summed E-state index contributed by atoms with van der Waals surface area (Å²) in [6.45, 7) is 3.65. The van der Waals surface area contributed by atoms with Crippen LogP contribution < -0.4 is 10.6 Å². The van der Waals surface area contributed by atoms with Crippen molar-refractivity contribution in [2.24, 2.45) is 0 Å². The Morgan fingerprint density at radius 2 is 1.86 bits per heavy atom. The van der Waals surface area contributed by atoms with Gasteiger partial charge in [0.15, 0.2) is 0 Å². The zero-order valence-electron chi connectivity index (χ0n) is 12.3. The predicted octanol–water partition coefficient (Wildman–Crippen LogP) is 3.10. The largest absolute Gasteiger partial charge is 0.387 e. The van der Waals surface area contributed by atoms with Crippen molar-refractivity contribution in [2.45, 2.75) is 19.9 Å². The number of rotatable bonds is 5. The number of anilines is 2. The number of aliphatic hydroxyl groups is 1. The Morgan fingerprint density at radius 3 is 2.57 bits per heavy atom. The fourth-order valence-electron chi connectivity index (χ4n) is 2.16. The molecule has 2 rings (SSSR count). The first kappa shape index (κ1) is 15.1.